The van der Waals surface area contributed by atoms with Gasteiger partial charge < -0.3 is 10.1 Å². The van der Waals surface area contributed by atoms with E-state index >= 15 is 0 Å². The summed E-state index contributed by atoms with van der Waals surface area (Å²) in [5, 5.41) is 4.89. The Morgan fingerprint density at radius 3 is 2.50 bits per heavy atom. The Bertz CT molecular complexity index is 1100. The van der Waals surface area contributed by atoms with Crippen molar-refractivity contribution in [3.63, 3.8) is 0 Å². The number of aromatic nitrogens is 2. The van der Waals surface area contributed by atoms with E-state index in [4.69, 9.17) is 4.74 Å². The molecule has 8 nitrogen and oxygen atoms in total. The first-order valence-electron chi connectivity index (χ1n) is 9.13. The third kappa shape index (κ3) is 5.21. The van der Waals surface area contributed by atoms with E-state index < -0.39 is 22.0 Å². The fourth-order valence-electron chi connectivity index (χ4n) is 2.64. The van der Waals surface area contributed by atoms with Crippen molar-refractivity contribution in [2.45, 2.75) is 24.8 Å². The van der Waals surface area contributed by atoms with Gasteiger partial charge in [0.05, 0.1) is 17.7 Å². The van der Waals surface area contributed by atoms with Gasteiger partial charge in [0.2, 0.25) is 15.9 Å². The van der Waals surface area contributed by atoms with Crippen molar-refractivity contribution < 1.29 is 17.9 Å². The molecule has 3 aromatic rings. The number of hydrogen-bond donors (Lipinski definition) is 2. The van der Waals surface area contributed by atoms with Gasteiger partial charge >= 0.3 is 0 Å². The Balaban J connectivity index is 1.74. The first-order valence-corrected chi connectivity index (χ1v) is 11.5. The van der Waals surface area contributed by atoms with Gasteiger partial charge in [0.15, 0.2) is 5.13 Å². The zero-order valence-electron chi connectivity index (χ0n) is 16.7. The number of amides is 1. The largest absolute Gasteiger partial charge is 0.497 e. The van der Waals surface area contributed by atoms with Crippen LogP contribution in [0.25, 0.3) is 11.3 Å². The fraction of sp³-hybridized carbons (Fsp3) is 0.250. The monoisotopic (exact) mass is 446 g/mol. The van der Waals surface area contributed by atoms with E-state index in [0.717, 1.165) is 5.56 Å². The minimum absolute atomic E-state index is 0.0508. The molecule has 10 heteroatoms. The molecule has 0 aliphatic carbocycles. The van der Waals surface area contributed by atoms with Crippen LogP contribution in [0.5, 0.6) is 5.75 Å². The van der Waals surface area contributed by atoms with Gasteiger partial charge in [0.25, 0.3) is 0 Å². The van der Waals surface area contributed by atoms with Crippen molar-refractivity contribution in [3.05, 3.63) is 54.2 Å². The first kappa shape index (κ1) is 21.9. The molecule has 0 radical (unpaired) electrons. The van der Waals surface area contributed by atoms with Gasteiger partial charge in [0, 0.05) is 23.3 Å². The van der Waals surface area contributed by atoms with Crippen LogP contribution in [0.4, 0.5) is 5.13 Å². The molecule has 158 valence electrons. The second-order valence-electron chi connectivity index (χ2n) is 6.79. The molecule has 1 amide bonds. The number of thiazole rings is 1. The first-order chi connectivity index (χ1) is 14.3. The SMILES string of the molecule is COc1ccc(S(=O)(=O)N[C@H](C(=O)Nc2nc(-c3cccnc3)cs2)C(C)C)cc1. The maximum Gasteiger partial charge on any atom is 0.244 e. The molecule has 0 bridgehead atoms. The molecule has 0 fully saturated rings. The number of pyridine rings is 1. The maximum absolute atomic E-state index is 12.8. The lowest BCUT2D eigenvalue weighted by molar-refractivity contribution is -0.118. The predicted molar refractivity (Wildman–Crippen MR) is 116 cm³/mol. The van der Waals surface area contributed by atoms with Gasteiger partial charge in [-0.3, -0.25) is 9.78 Å². The van der Waals surface area contributed by atoms with Gasteiger partial charge in [-0.15, -0.1) is 11.3 Å². The number of benzene rings is 1. The third-order valence-corrected chi connectivity index (χ3v) is 6.51. The second kappa shape index (κ2) is 9.33. The Hall–Kier alpha value is -2.82. The van der Waals surface area contributed by atoms with Crippen molar-refractivity contribution in [2.24, 2.45) is 5.92 Å². The molecule has 1 atom stereocenters. The molecule has 2 aromatic heterocycles. The second-order valence-corrected chi connectivity index (χ2v) is 9.36. The number of ether oxygens (including phenoxy) is 1. The highest BCUT2D eigenvalue weighted by Crippen LogP contribution is 2.24. The summed E-state index contributed by atoms with van der Waals surface area (Å²) in [5.41, 5.74) is 1.51. The summed E-state index contributed by atoms with van der Waals surface area (Å²) in [6.07, 6.45) is 3.35. The molecule has 0 aliphatic heterocycles. The minimum atomic E-state index is -3.90. The average Bonchev–Trinajstić information content (AvgIpc) is 3.21. The summed E-state index contributed by atoms with van der Waals surface area (Å²) in [6.45, 7) is 3.54. The highest BCUT2D eigenvalue weighted by atomic mass is 32.2. The zero-order valence-corrected chi connectivity index (χ0v) is 18.3. The van der Waals surface area contributed by atoms with E-state index in [-0.39, 0.29) is 10.8 Å². The Labute approximate surface area is 179 Å². The van der Waals surface area contributed by atoms with Crippen LogP contribution < -0.4 is 14.8 Å². The molecule has 0 saturated heterocycles. The summed E-state index contributed by atoms with van der Waals surface area (Å²) in [7, 11) is -2.40. The molecule has 2 N–H and O–H groups in total. The van der Waals surface area contributed by atoms with Gasteiger partial charge in [-0.05, 0) is 42.3 Å². The standard InChI is InChI=1S/C20H22N4O4S2/c1-13(2)18(24-30(26,27)16-8-6-15(28-3)7-9-16)19(25)23-20-22-17(12-29-20)14-5-4-10-21-11-14/h4-13,18,24H,1-3H3,(H,22,23,25)/t18-/m0/s1. The van der Waals surface area contributed by atoms with Crippen molar-refractivity contribution >= 4 is 32.4 Å². The van der Waals surface area contributed by atoms with E-state index in [1.165, 1.54) is 30.6 Å². The molecular weight excluding hydrogens is 424 g/mol. The number of sulfonamides is 1. The van der Waals surface area contributed by atoms with Crippen LogP contribution in [0.3, 0.4) is 0 Å². The van der Waals surface area contributed by atoms with Crippen LogP contribution in [-0.4, -0.2) is 37.4 Å². The van der Waals surface area contributed by atoms with E-state index in [1.54, 1.807) is 49.8 Å². The lowest BCUT2D eigenvalue weighted by Crippen LogP contribution is -2.47. The summed E-state index contributed by atoms with van der Waals surface area (Å²) in [5.74, 6) is -0.217. The van der Waals surface area contributed by atoms with E-state index in [2.05, 4.69) is 20.0 Å². The molecule has 0 spiro atoms. The normalized spacial score (nSPS) is 12.5. The molecule has 0 saturated carbocycles. The van der Waals surface area contributed by atoms with E-state index in [1.807, 2.05) is 6.07 Å². The topological polar surface area (TPSA) is 110 Å². The highest BCUT2D eigenvalue weighted by Gasteiger charge is 2.29. The number of hydrogen-bond acceptors (Lipinski definition) is 7. The average molecular weight is 447 g/mol. The van der Waals surface area contributed by atoms with Gasteiger partial charge in [-0.25, -0.2) is 13.4 Å². The maximum atomic E-state index is 12.8. The summed E-state index contributed by atoms with van der Waals surface area (Å²) >= 11 is 1.26. The van der Waals surface area contributed by atoms with Gasteiger partial charge in [0.1, 0.15) is 11.8 Å². The molecular formula is C20H22N4O4S2. The molecule has 1 aromatic carbocycles. The van der Waals surface area contributed by atoms with Crippen LogP contribution in [0.15, 0.2) is 59.1 Å². The van der Waals surface area contributed by atoms with Crippen LogP contribution in [-0.2, 0) is 14.8 Å². The zero-order chi connectivity index (χ0) is 21.7. The molecule has 0 aliphatic rings. The number of anilines is 1. The number of methoxy groups -OCH3 is 1. The van der Waals surface area contributed by atoms with Crippen molar-refractivity contribution in [1.82, 2.24) is 14.7 Å². The smallest absolute Gasteiger partial charge is 0.244 e. The number of carbonyl (C=O) groups excluding carboxylic acids is 1. The van der Waals surface area contributed by atoms with Crippen LogP contribution in [0.1, 0.15) is 13.8 Å². The minimum Gasteiger partial charge on any atom is -0.497 e. The van der Waals surface area contributed by atoms with Crippen molar-refractivity contribution in [2.75, 3.05) is 12.4 Å². The molecule has 3 rings (SSSR count). The quantitative estimate of drug-likeness (QED) is 0.550. The Morgan fingerprint density at radius 2 is 1.90 bits per heavy atom. The number of nitrogens with one attached hydrogen (secondary N) is 2. The highest BCUT2D eigenvalue weighted by molar-refractivity contribution is 7.89. The number of rotatable bonds is 8. The number of nitrogens with zero attached hydrogens (tertiary/aromatic N) is 2. The molecule has 2 heterocycles. The van der Waals surface area contributed by atoms with Crippen molar-refractivity contribution in [3.8, 4) is 17.0 Å². The Morgan fingerprint density at radius 1 is 1.17 bits per heavy atom. The lowest BCUT2D eigenvalue weighted by Gasteiger charge is -2.21. The van der Waals surface area contributed by atoms with E-state index in [0.29, 0.717) is 16.6 Å². The third-order valence-electron chi connectivity index (χ3n) is 4.29. The van der Waals surface area contributed by atoms with Gasteiger partial charge in [-0.2, -0.15) is 4.72 Å². The van der Waals surface area contributed by atoms with Crippen LogP contribution >= 0.6 is 11.3 Å². The van der Waals surface area contributed by atoms with Crippen molar-refractivity contribution in [1.29, 1.82) is 0 Å². The summed E-state index contributed by atoms with van der Waals surface area (Å²) in [4.78, 5) is 21.3. The fourth-order valence-corrected chi connectivity index (χ4v) is 4.71. The van der Waals surface area contributed by atoms with Gasteiger partial charge in [-0.1, -0.05) is 13.8 Å². The molecule has 30 heavy (non-hydrogen) atoms. The summed E-state index contributed by atoms with van der Waals surface area (Å²) in [6, 6.07) is 8.66. The molecule has 0 unspecified atom stereocenters. The lowest BCUT2D eigenvalue weighted by atomic mass is 10.1. The van der Waals surface area contributed by atoms with Crippen LogP contribution in [0, 0.1) is 5.92 Å². The Kier molecular flexibility index (Phi) is 6.80. The van der Waals surface area contributed by atoms with E-state index in [9.17, 15) is 13.2 Å². The predicted octanol–water partition coefficient (Wildman–Crippen LogP) is 3.16. The summed E-state index contributed by atoms with van der Waals surface area (Å²) < 4.78 is 33.0. The number of carbonyl (C=O) groups is 1. The van der Waals surface area contributed by atoms with Crippen LogP contribution in [0.2, 0.25) is 0 Å².